The van der Waals surface area contributed by atoms with Crippen molar-refractivity contribution >= 4 is 5.91 Å². The first-order valence-corrected chi connectivity index (χ1v) is 6.73. The highest BCUT2D eigenvalue weighted by Gasteiger charge is 2.30. The Bertz CT molecular complexity index is 500. The first-order chi connectivity index (χ1) is 9.46. The first kappa shape index (κ1) is 14.7. The van der Waals surface area contributed by atoms with Crippen LogP contribution < -0.4 is 14.8 Å². The van der Waals surface area contributed by atoms with Gasteiger partial charge in [0.25, 0.3) is 5.91 Å². The summed E-state index contributed by atoms with van der Waals surface area (Å²) in [6, 6.07) is 5.28. The summed E-state index contributed by atoms with van der Waals surface area (Å²) in [6.07, 6.45) is 0. The molecule has 0 radical (unpaired) electrons. The average Bonchev–Trinajstić information content (AvgIpc) is 2.44. The second-order valence-corrected chi connectivity index (χ2v) is 5.60. The van der Waals surface area contributed by atoms with E-state index in [2.05, 4.69) is 19.2 Å². The van der Waals surface area contributed by atoms with Gasteiger partial charge in [-0.05, 0) is 26.0 Å². The Kier molecular flexibility index (Phi) is 4.18. The molecule has 5 heteroatoms. The van der Waals surface area contributed by atoms with Gasteiger partial charge in [0.2, 0.25) is 0 Å². The van der Waals surface area contributed by atoms with Crippen molar-refractivity contribution in [2.75, 3.05) is 33.9 Å². The maximum Gasteiger partial charge on any atom is 0.257 e. The molecule has 1 heterocycles. The molecule has 0 aromatic heterocycles. The van der Waals surface area contributed by atoms with Crippen molar-refractivity contribution in [2.24, 2.45) is 0 Å². The molecule has 1 aromatic carbocycles. The molecule has 0 atom stereocenters. The van der Waals surface area contributed by atoms with E-state index in [9.17, 15) is 4.79 Å². The van der Waals surface area contributed by atoms with Gasteiger partial charge in [0.1, 0.15) is 11.5 Å². The van der Waals surface area contributed by atoms with Gasteiger partial charge in [-0.1, -0.05) is 0 Å². The van der Waals surface area contributed by atoms with Crippen molar-refractivity contribution in [1.82, 2.24) is 10.2 Å². The van der Waals surface area contributed by atoms with Gasteiger partial charge in [-0.25, -0.2) is 0 Å². The number of hydrogen-bond donors (Lipinski definition) is 1. The molecule has 5 nitrogen and oxygen atoms in total. The normalized spacial score (nSPS) is 17.7. The Hall–Kier alpha value is -1.75. The molecule has 0 aliphatic carbocycles. The first-order valence-electron chi connectivity index (χ1n) is 6.73. The number of benzene rings is 1. The zero-order valence-electron chi connectivity index (χ0n) is 12.5. The van der Waals surface area contributed by atoms with E-state index in [-0.39, 0.29) is 11.4 Å². The van der Waals surface area contributed by atoms with Gasteiger partial charge in [0.15, 0.2) is 0 Å². The number of carbonyl (C=O) groups excluding carboxylic acids is 1. The fourth-order valence-electron chi connectivity index (χ4n) is 2.46. The van der Waals surface area contributed by atoms with Gasteiger partial charge < -0.3 is 19.7 Å². The van der Waals surface area contributed by atoms with Gasteiger partial charge in [-0.15, -0.1) is 0 Å². The molecular formula is C15H22N2O3. The van der Waals surface area contributed by atoms with Crippen molar-refractivity contribution in [3.05, 3.63) is 23.8 Å². The van der Waals surface area contributed by atoms with Gasteiger partial charge in [-0.2, -0.15) is 0 Å². The lowest BCUT2D eigenvalue weighted by atomic mass is 10.0. The minimum absolute atomic E-state index is 0.000854. The molecule has 0 unspecified atom stereocenters. The molecule has 110 valence electrons. The van der Waals surface area contributed by atoms with Crippen LogP contribution in [-0.2, 0) is 0 Å². The number of methoxy groups -OCH3 is 2. The molecule has 1 fully saturated rings. The van der Waals surface area contributed by atoms with Gasteiger partial charge in [-0.3, -0.25) is 4.79 Å². The Morgan fingerprint density at radius 3 is 2.65 bits per heavy atom. The van der Waals surface area contributed by atoms with Crippen LogP contribution in [0.25, 0.3) is 0 Å². The summed E-state index contributed by atoms with van der Waals surface area (Å²) in [4.78, 5) is 14.5. The predicted octanol–water partition coefficient (Wildman–Crippen LogP) is 1.53. The second kappa shape index (κ2) is 5.71. The van der Waals surface area contributed by atoms with E-state index >= 15 is 0 Å². The number of ether oxygens (including phenoxy) is 2. The highest BCUT2D eigenvalue weighted by Crippen LogP contribution is 2.26. The molecule has 1 aromatic rings. The molecule has 2 rings (SSSR count). The van der Waals surface area contributed by atoms with Crippen LogP contribution in [0.2, 0.25) is 0 Å². The smallest absolute Gasteiger partial charge is 0.257 e. The summed E-state index contributed by atoms with van der Waals surface area (Å²) in [5.74, 6) is 1.23. The monoisotopic (exact) mass is 278 g/mol. The number of rotatable bonds is 3. The summed E-state index contributed by atoms with van der Waals surface area (Å²) in [6.45, 7) is 6.38. The fraction of sp³-hybridized carbons (Fsp3) is 0.533. The molecule has 0 bridgehead atoms. The zero-order chi connectivity index (χ0) is 14.8. The topological polar surface area (TPSA) is 50.8 Å². The molecule has 20 heavy (non-hydrogen) atoms. The van der Waals surface area contributed by atoms with E-state index in [1.165, 1.54) is 0 Å². The Balaban J connectivity index is 2.24. The average molecular weight is 278 g/mol. The van der Waals surface area contributed by atoms with E-state index in [0.717, 1.165) is 6.54 Å². The Labute approximate surface area is 119 Å². The van der Waals surface area contributed by atoms with E-state index < -0.39 is 0 Å². The standard InChI is InChI=1S/C15H22N2O3/c1-15(2)10-17(8-7-16-15)14(18)12-6-5-11(19-3)9-13(12)20-4/h5-6,9,16H,7-8,10H2,1-4H3. The van der Waals surface area contributed by atoms with Gasteiger partial charge in [0.05, 0.1) is 19.8 Å². The van der Waals surface area contributed by atoms with Crippen molar-refractivity contribution in [1.29, 1.82) is 0 Å². The number of amides is 1. The summed E-state index contributed by atoms with van der Waals surface area (Å²) in [5.41, 5.74) is 0.513. The van der Waals surface area contributed by atoms with Crippen molar-refractivity contribution in [3.8, 4) is 11.5 Å². The quantitative estimate of drug-likeness (QED) is 0.911. The maximum absolute atomic E-state index is 12.6. The van der Waals surface area contributed by atoms with E-state index in [1.54, 1.807) is 32.4 Å². The summed E-state index contributed by atoms with van der Waals surface area (Å²) in [5, 5.41) is 3.40. The fourth-order valence-corrected chi connectivity index (χ4v) is 2.46. The van der Waals surface area contributed by atoms with Crippen LogP contribution >= 0.6 is 0 Å². The van der Waals surface area contributed by atoms with Crippen molar-refractivity contribution in [2.45, 2.75) is 19.4 Å². The minimum Gasteiger partial charge on any atom is -0.497 e. The van der Waals surface area contributed by atoms with Crippen molar-refractivity contribution in [3.63, 3.8) is 0 Å². The Morgan fingerprint density at radius 2 is 2.05 bits per heavy atom. The number of carbonyl (C=O) groups is 1. The van der Waals surface area contributed by atoms with Crippen LogP contribution in [0, 0.1) is 0 Å². The molecule has 0 saturated carbocycles. The number of hydrogen-bond acceptors (Lipinski definition) is 4. The molecule has 1 saturated heterocycles. The number of nitrogens with zero attached hydrogens (tertiary/aromatic N) is 1. The third kappa shape index (κ3) is 3.04. The lowest BCUT2D eigenvalue weighted by Crippen LogP contribution is -2.58. The lowest BCUT2D eigenvalue weighted by molar-refractivity contribution is 0.0649. The van der Waals surface area contributed by atoms with Crippen LogP contribution in [0.1, 0.15) is 24.2 Å². The summed E-state index contributed by atoms with van der Waals surface area (Å²) >= 11 is 0. The highest BCUT2D eigenvalue weighted by atomic mass is 16.5. The predicted molar refractivity (Wildman–Crippen MR) is 77.5 cm³/mol. The highest BCUT2D eigenvalue weighted by molar-refractivity contribution is 5.97. The third-order valence-corrected chi connectivity index (χ3v) is 3.50. The Morgan fingerprint density at radius 1 is 1.30 bits per heavy atom. The van der Waals surface area contributed by atoms with E-state index in [0.29, 0.717) is 30.2 Å². The van der Waals surface area contributed by atoms with Crippen LogP contribution in [0.15, 0.2) is 18.2 Å². The minimum atomic E-state index is -0.0619. The lowest BCUT2D eigenvalue weighted by Gasteiger charge is -2.39. The van der Waals surface area contributed by atoms with Crippen LogP contribution in [0.3, 0.4) is 0 Å². The van der Waals surface area contributed by atoms with E-state index in [1.807, 2.05) is 4.90 Å². The largest absolute Gasteiger partial charge is 0.497 e. The SMILES string of the molecule is COc1ccc(C(=O)N2CCNC(C)(C)C2)c(OC)c1. The molecule has 1 aliphatic heterocycles. The summed E-state index contributed by atoms with van der Waals surface area (Å²) in [7, 11) is 3.16. The zero-order valence-corrected chi connectivity index (χ0v) is 12.5. The molecule has 0 spiro atoms. The number of nitrogens with one attached hydrogen (secondary N) is 1. The third-order valence-electron chi connectivity index (χ3n) is 3.50. The van der Waals surface area contributed by atoms with Crippen LogP contribution in [0.5, 0.6) is 11.5 Å². The van der Waals surface area contributed by atoms with Gasteiger partial charge in [0, 0.05) is 31.2 Å². The molecule has 1 N–H and O–H groups in total. The molecular weight excluding hydrogens is 256 g/mol. The number of piperazine rings is 1. The van der Waals surface area contributed by atoms with E-state index in [4.69, 9.17) is 9.47 Å². The molecule has 1 amide bonds. The second-order valence-electron chi connectivity index (χ2n) is 5.60. The van der Waals surface area contributed by atoms with Crippen LogP contribution in [-0.4, -0.2) is 50.2 Å². The van der Waals surface area contributed by atoms with Crippen LogP contribution in [0.4, 0.5) is 0 Å². The maximum atomic E-state index is 12.6. The molecule has 1 aliphatic rings. The van der Waals surface area contributed by atoms with Crippen molar-refractivity contribution < 1.29 is 14.3 Å². The summed E-state index contributed by atoms with van der Waals surface area (Å²) < 4.78 is 10.5. The van der Waals surface area contributed by atoms with Gasteiger partial charge >= 0.3 is 0 Å².